The molecule has 0 spiro atoms. The third kappa shape index (κ3) is 4.41. The lowest BCUT2D eigenvalue weighted by Gasteiger charge is -2.18. The second kappa shape index (κ2) is 8.62. The fourth-order valence-corrected chi connectivity index (χ4v) is 4.18. The summed E-state index contributed by atoms with van der Waals surface area (Å²) < 4.78 is 40.0. The molecule has 0 heterocycles. The minimum Gasteiger partial charge on any atom is -0.348 e. The zero-order chi connectivity index (χ0) is 19.3. The highest BCUT2D eigenvalue weighted by Crippen LogP contribution is 2.19. The molecule has 0 aliphatic carbocycles. The number of sulfonamides is 1. The Labute approximate surface area is 157 Å². The monoisotopic (exact) mass is 398 g/mol. The molecule has 0 saturated heterocycles. The van der Waals surface area contributed by atoms with Crippen molar-refractivity contribution in [2.75, 3.05) is 13.1 Å². The van der Waals surface area contributed by atoms with Crippen molar-refractivity contribution in [3.63, 3.8) is 0 Å². The Kier molecular flexibility index (Phi) is 6.75. The van der Waals surface area contributed by atoms with E-state index >= 15 is 0 Å². The molecule has 0 radical (unpaired) electrons. The van der Waals surface area contributed by atoms with Gasteiger partial charge in [-0.3, -0.25) is 4.79 Å². The SMILES string of the molecule is CCN(CC)S(=O)(=O)c1ccc(CNC(=O)c2c(F)cccc2Cl)cc1. The summed E-state index contributed by atoms with van der Waals surface area (Å²) >= 11 is 5.86. The van der Waals surface area contributed by atoms with E-state index in [1.807, 2.05) is 0 Å². The predicted molar refractivity (Wildman–Crippen MR) is 99.1 cm³/mol. The highest BCUT2D eigenvalue weighted by atomic mass is 35.5. The van der Waals surface area contributed by atoms with Crippen molar-refractivity contribution in [1.82, 2.24) is 9.62 Å². The number of carbonyl (C=O) groups is 1. The molecule has 5 nitrogen and oxygen atoms in total. The first-order valence-electron chi connectivity index (χ1n) is 8.12. The molecule has 0 unspecified atom stereocenters. The Hall–Kier alpha value is -1.96. The molecule has 0 fully saturated rings. The number of hydrogen-bond donors (Lipinski definition) is 1. The van der Waals surface area contributed by atoms with Crippen LogP contribution < -0.4 is 5.32 Å². The van der Waals surface area contributed by atoms with Gasteiger partial charge in [-0.1, -0.05) is 43.6 Å². The zero-order valence-electron chi connectivity index (χ0n) is 14.5. The Morgan fingerprint density at radius 2 is 1.73 bits per heavy atom. The molecule has 0 aromatic heterocycles. The van der Waals surface area contributed by atoms with E-state index < -0.39 is 21.7 Å². The summed E-state index contributed by atoms with van der Waals surface area (Å²) in [7, 11) is -3.52. The number of halogens is 2. The van der Waals surface area contributed by atoms with Crippen LogP contribution in [-0.4, -0.2) is 31.7 Å². The first-order valence-corrected chi connectivity index (χ1v) is 9.94. The molecule has 140 valence electrons. The quantitative estimate of drug-likeness (QED) is 0.776. The lowest BCUT2D eigenvalue weighted by Crippen LogP contribution is -2.30. The largest absolute Gasteiger partial charge is 0.348 e. The van der Waals surface area contributed by atoms with E-state index in [1.165, 1.54) is 28.6 Å². The molecule has 2 rings (SSSR count). The van der Waals surface area contributed by atoms with Crippen LogP contribution in [0.5, 0.6) is 0 Å². The maximum atomic E-state index is 13.7. The van der Waals surface area contributed by atoms with Crippen LogP contribution >= 0.6 is 11.6 Å². The standard InChI is InChI=1S/C18H20ClFN2O3S/c1-3-22(4-2)26(24,25)14-10-8-13(9-11-14)12-21-18(23)17-15(19)6-5-7-16(17)20/h5-11H,3-4,12H2,1-2H3,(H,21,23). The van der Waals surface area contributed by atoms with Gasteiger partial charge in [-0.2, -0.15) is 4.31 Å². The summed E-state index contributed by atoms with van der Waals surface area (Å²) in [6.45, 7) is 4.45. The van der Waals surface area contributed by atoms with Gasteiger partial charge in [0, 0.05) is 19.6 Å². The Balaban J connectivity index is 2.09. The van der Waals surface area contributed by atoms with Crippen LogP contribution in [-0.2, 0) is 16.6 Å². The third-order valence-electron chi connectivity index (χ3n) is 3.91. The van der Waals surface area contributed by atoms with Crippen molar-refractivity contribution in [2.45, 2.75) is 25.3 Å². The molecule has 0 bridgehead atoms. The first kappa shape index (κ1) is 20.4. The molecule has 0 aliphatic rings. The van der Waals surface area contributed by atoms with Crippen molar-refractivity contribution in [3.8, 4) is 0 Å². The first-order chi connectivity index (χ1) is 12.3. The molecule has 0 saturated carbocycles. The Morgan fingerprint density at radius 3 is 2.27 bits per heavy atom. The van der Waals surface area contributed by atoms with E-state index in [0.717, 1.165) is 6.07 Å². The average Bonchev–Trinajstić information content (AvgIpc) is 2.61. The summed E-state index contributed by atoms with van der Waals surface area (Å²) in [5.74, 6) is -1.33. The van der Waals surface area contributed by atoms with E-state index in [4.69, 9.17) is 11.6 Å². The molecule has 26 heavy (non-hydrogen) atoms. The van der Waals surface area contributed by atoms with Crippen LogP contribution in [0.1, 0.15) is 29.8 Å². The average molecular weight is 399 g/mol. The van der Waals surface area contributed by atoms with Gasteiger partial charge in [0.1, 0.15) is 5.82 Å². The van der Waals surface area contributed by atoms with Gasteiger partial charge in [0.2, 0.25) is 10.0 Å². The highest BCUT2D eigenvalue weighted by molar-refractivity contribution is 7.89. The molecule has 1 amide bonds. The van der Waals surface area contributed by atoms with E-state index in [0.29, 0.717) is 18.7 Å². The summed E-state index contributed by atoms with van der Waals surface area (Å²) in [5, 5.41) is 2.61. The Bertz CT molecular complexity index is 862. The lowest BCUT2D eigenvalue weighted by molar-refractivity contribution is 0.0947. The molecule has 2 aromatic rings. The van der Waals surface area contributed by atoms with Gasteiger partial charge >= 0.3 is 0 Å². The van der Waals surface area contributed by atoms with Gasteiger partial charge in [0.15, 0.2) is 0 Å². The zero-order valence-corrected chi connectivity index (χ0v) is 16.1. The van der Waals surface area contributed by atoms with Crippen molar-refractivity contribution in [1.29, 1.82) is 0 Å². The van der Waals surface area contributed by atoms with Crippen molar-refractivity contribution < 1.29 is 17.6 Å². The van der Waals surface area contributed by atoms with E-state index in [-0.39, 0.29) is 22.0 Å². The minimum absolute atomic E-state index is 0.0307. The van der Waals surface area contributed by atoms with Crippen LogP contribution in [0.2, 0.25) is 5.02 Å². The number of benzene rings is 2. The molecule has 1 N–H and O–H groups in total. The van der Waals surface area contributed by atoms with Crippen molar-refractivity contribution in [3.05, 3.63) is 64.4 Å². The van der Waals surface area contributed by atoms with Gasteiger partial charge < -0.3 is 5.32 Å². The molecular weight excluding hydrogens is 379 g/mol. The topological polar surface area (TPSA) is 66.5 Å². The summed E-state index contributed by atoms with van der Waals surface area (Å²) in [4.78, 5) is 12.3. The van der Waals surface area contributed by atoms with Gasteiger partial charge in [-0.05, 0) is 29.8 Å². The van der Waals surface area contributed by atoms with Crippen LogP contribution in [0.4, 0.5) is 4.39 Å². The maximum Gasteiger partial charge on any atom is 0.256 e. The van der Waals surface area contributed by atoms with E-state index in [1.54, 1.807) is 26.0 Å². The summed E-state index contributed by atoms with van der Waals surface area (Å²) in [5.41, 5.74) is 0.471. The van der Waals surface area contributed by atoms with Gasteiger partial charge in [-0.25, -0.2) is 12.8 Å². The second-order valence-corrected chi connectivity index (χ2v) is 7.86. The molecular formula is C18H20ClFN2O3S. The maximum absolute atomic E-state index is 13.7. The minimum atomic E-state index is -3.52. The summed E-state index contributed by atoms with van der Waals surface area (Å²) in [6, 6.07) is 10.2. The second-order valence-electron chi connectivity index (χ2n) is 5.51. The van der Waals surface area contributed by atoms with Crippen molar-refractivity contribution >= 4 is 27.5 Å². The number of rotatable bonds is 7. The smallest absolute Gasteiger partial charge is 0.256 e. The van der Waals surface area contributed by atoms with Gasteiger partial charge in [0.05, 0.1) is 15.5 Å². The van der Waals surface area contributed by atoms with Crippen LogP contribution in [0.3, 0.4) is 0 Å². The fraction of sp³-hybridized carbons (Fsp3) is 0.278. The van der Waals surface area contributed by atoms with E-state index in [9.17, 15) is 17.6 Å². The number of nitrogens with one attached hydrogen (secondary N) is 1. The Morgan fingerprint density at radius 1 is 1.12 bits per heavy atom. The molecule has 2 aromatic carbocycles. The molecule has 8 heteroatoms. The van der Waals surface area contributed by atoms with Crippen LogP contribution in [0.25, 0.3) is 0 Å². The van der Waals surface area contributed by atoms with Crippen molar-refractivity contribution in [2.24, 2.45) is 0 Å². The number of amides is 1. The summed E-state index contributed by atoms with van der Waals surface area (Å²) in [6.07, 6.45) is 0. The number of nitrogens with zero attached hydrogens (tertiary/aromatic N) is 1. The third-order valence-corrected chi connectivity index (χ3v) is 6.29. The van der Waals surface area contributed by atoms with Crippen LogP contribution in [0.15, 0.2) is 47.4 Å². The molecule has 0 aliphatic heterocycles. The lowest BCUT2D eigenvalue weighted by atomic mass is 10.2. The van der Waals surface area contributed by atoms with Gasteiger partial charge in [-0.15, -0.1) is 0 Å². The molecule has 0 atom stereocenters. The van der Waals surface area contributed by atoms with Gasteiger partial charge in [0.25, 0.3) is 5.91 Å². The number of hydrogen-bond acceptors (Lipinski definition) is 3. The fourth-order valence-electron chi connectivity index (χ4n) is 2.48. The normalized spacial score (nSPS) is 11.6. The van der Waals surface area contributed by atoms with E-state index in [2.05, 4.69) is 5.32 Å². The number of carbonyl (C=O) groups excluding carboxylic acids is 1. The van der Waals surface area contributed by atoms with Crippen LogP contribution in [0, 0.1) is 5.82 Å². The highest BCUT2D eigenvalue weighted by Gasteiger charge is 2.21. The predicted octanol–water partition coefficient (Wildman–Crippen LogP) is 3.44.